The molecule has 3 aromatic rings. The number of aryl methyl sites for hydroxylation is 1. The maximum absolute atomic E-state index is 12.8. The smallest absolute Gasteiger partial charge is 0.255 e. The van der Waals surface area contributed by atoms with Gasteiger partial charge in [-0.15, -0.1) is 0 Å². The molecule has 1 aliphatic heterocycles. The van der Waals surface area contributed by atoms with Crippen LogP contribution in [-0.4, -0.2) is 57.0 Å². The average molecular weight is 404 g/mol. The molecular weight excluding hydrogens is 380 g/mol. The molecule has 3 heterocycles. The molecule has 4 rings (SSSR count). The number of likely N-dealkylation sites (tertiary alicyclic amines) is 1. The lowest BCUT2D eigenvalue weighted by atomic mass is 10.1. The number of benzene rings is 1. The number of hydrogen-bond acceptors (Lipinski definition) is 6. The Labute approximate surface area is 174 Å². The van der Waals surface area contributed by atoms with Gasteiger partial charge in [-0.25, -0.2) is 4.98 Å². The first kappa shape index (κ1) is 19.8. The van der Waals surface area contributed by atoms with Gasteiger partial charge in [0, 0.05) is 55.3 Å². The van der Waals surface area contributed by atoms with E-state index >= 15 is 0 Å². The highest BCUT2D eigenvalue weighted by molar-refractivity contribution is 5.99. The molecule has 0 bridgehead atoms. The van der Waals surface area contributed by atoms with E-state index in [0.29, 0.717) is 24.2 Å². The van der Waals surface area contributed by atoms with Crippen molar-refractivity contribution in [2.75, 3.05) is 25.4 Å². The highest BCUT2D eigenvalue weighted by Crippen LogP contribution is 2.22. The van der Waals surface area contributed by atoms with E-state index in [1.54, 1.807) is 23.1 Å². The average Bonchev–Trinajstić information content (AvgIpc) is 3.37. The number of aromatic nitrogens is 3. The summed E-state index contributed by atoms with van der Waals surface area (Å²) in [7, 11) is 1.83. The third-order valence-corrected chi connectivity index (χ3v) is 5.27. The van der Waals surface area contributed by atoms with Gasteiger partial charge in [-0.3, -0.25) is 19.2 Å². The van der Waals surface area contributed by atoms with Crippen LogP contribution in [0.4, 0.5) is 5.82 Å². The van der Waals surface area contributed by atoms with E-state index in [1.165, 1.54) is 0 Å². The normalized spacial score (nSPS) is 16.5. The third-order valence-electron chi connectivity index (χ3n) is 5.27. The van der Waals surface area contributed by atoms with Gasteiger partial charge in [0.2, 0.25) is 0 Å². The first-order chi connectivity index (χ1) is 14.5. The Kier molecular flexibility index (Phi) is 5.58. The maximum atomic E-state index is 12.8. The third kappa shape index (κ3) is 4.38. The number of anilines is 1. The van der Waals surface area contributed by atoms with Crippen LogP contribution >= 0.6 is 0 Å². The molecule has 154 valence electrons. The number of nitrogens with two attached hydrogens (primary N) is 1. The Hall–Kier alpha value is -3.52. The minimum atomic E-state index is -0.257. The minimum absolute atomic E-state index is 0.0393. The number of nitrogens with zero attached hydrogens (tertiary/aromatic N) is 4. The molecule has 0 spiro atoms. The van der Waals surface area contributed by atoms with Crippen molar-refractivity contribution < 1.29 is 9.59 Å². The number of hydrogen-bond donors (Lipinski definition) is 2. The van der Waals surface area contributed by atoms with Gasteiger partial charge >= 0.3 is 0 Å². The molecule has 0 saturated carbocycles. The minimum Gasteiger partial charge on any atom is -0.383 e. The fourth-order valence-electron chi connectivity index (χ4n) is 3.66. The number of nitrogens with one attached hydrogen (secondary N) is 1. The molecule has 30 heavy (non-hydrogen) atoms. The van der Waals surface area contributed by atoms with Gasteiger partial charge in [0.1, 0.15) is 5.82 Å². The Morgan fingerprint density at radius 3 is 2.73 bits per heavy atom. The summed E-state index contributed by atoms with van der Waals surface area (Å²) in [6.45, 7) is 1.73. The van der Waals surface area contributed by atoms with Gasteiger partial charge < -0.3 is 11.1 Å². The molecule has 1 fully saturated rings. The summed E-state index contributed by atoms with van der Waals surface area (Å²) in [6, 6.07) is 11.0. The summed E-state index contributed by atoms with van der Waals surface area (Å²) < 4.78 is 1.69. The Morgan fingerprint density at radius 2 is 2.00 bits per heavy atom. The summed E-state index contributed by atoms with van der Waals surface area (Å²) in [5, 5.41) is 7.18. The van der Waals surface area contributed by atoms with Gasteiger partial charge in [0.05, 0.1) is 18.3 Å². The Morgan fingerprint density at radius 1 is 1.20 bits per heavy atom. The molecule has 8 nitrogen and oxygen atoms in total. The predicted molar refractivity (Wildman–Crippen MR) is 114 cm³/mol. The molecule has 0 aliphatic carbocycles. The first-order valence-electron chi connectivity index (χ1n) is 9.85. The SMILES string of the molecule is Cn1cc(-c2cnc(N)c(C(=O)N[C@@H]3CCN(CC(=O)c4ccccc4)C3)c2)cn1. The summed E-state index contributed by atoms with van der Waals surface area (Å²) >= 11 is 0. The van der Waals surface area contributed by atoms with E-state index in [-0.39, 0.29) is 23.6 Å². The fraction of sp³-hybridized carbons (Fsp3) is 0.273. The van der Waals surface area contributed by atoms with E-state index in [4.69, 9.17) is 5.73 Å². The van der Waals surface area contributed by atoms with E-state index in [2.05, 4.69) is 20.3 Å². The van der Waals surface area contributed by atoms with E-state index in [0.717, 1.165) is 24.1 Å². The first-order valence-corrected chi connectivity index (χ1v) is 9.85. The number of carbonyl (C=O) groups is 2. The molecule has 0 unspecified atom stereocenters. The van der Waals surface area contributed by atoms with E-state index in [9.17, 15) is 9.59 Å². The summed E-state index contributed by atoms with van der Waals surface area (Å²) in [4.78, 5) is 31.5. The zero-order valence-electron chi connectivity index (χ0n) is 16.8. The van der Waals surface area contributed by atoms with Crippen LogP contribution < -0.4 is 11.1 Å². The number of amides is 1. The number of nitrogen functional groups attached to an aromatic ring is 1. The van der Waals surface area contributed by atoms with Crippen LogP contribution in [0.3, 0.4) is 0 Å². The second kappa shape index (κ2) is 8.46. The molecule has 3 N–H and O–H groups in total. The van der Waals surface area contributed by atoms with Crippen LogP contribution in [0.25, 0.3) is 11.1 Å². The Bertz CT molecular complexity index is 1060. The topological polar surface area (TPSA) is 106 Å². The van der Waals surface area contributed by atoms with Gasteiger partial charge in [-0.05, 0) is 12.5 Å². The zero-order valence-corrected chi connectivity index (χ0v) is 16.8. The van der Waals surface area contributed by atoms with Crippen LogP contribution in [0.1, 0.15) is 27.1 Å². The maximum Gasteiger partial charge on any atom is 0.255 e. The predicted octanol–water partition coefficient (Wildman–Crippen LogP) is 1.75. The van der Waals surface area contributed by atoms with Crippen LogP contribution in [0.2, 0.25) is 0 Å². The lowest BCUT2D eigenvalue weighted by Gasteiger charge is -2.16. The Balaban J connectivity index is 1.38. The van der Waals surface area contributed by atoms with E-state index < -0.39 is 0 Å². The summed E-state index contributed by atoms with van der Waals surface area (Å²) in [5.41, 5.74) is 8.65. The van der Waals surface area contributed by atoms with Crippen molar-refractivity contribution in [1.29, 1.82) is 0 Å². The number of pyridine rings is 1. The molecule has 2 aromatic heterocycles. The number of rotatable bonds is 6. The zero-order chi connectivity index (χ0) is 21.1. The number of carbonyl (C=O) groups excluding carboxylic acids is 2. The molecule has 1 amide bonds. The number of Topliss-reactive ketones (excluding diaryl/α,β-unsaturated/α-hetero) is 1. The quantitative estimate of drug-likeness (QED) is 0.607. The van der Waals surface area contributed by atoms with Crippen molar-refractivity contribution in [3.8, 4) is 11.1 Å². The summed E-state index contributed by atoms with van der Waals surface area (Å²) in [5.74, 6) is 0.0152. The van der Waals surface area contributed by atoms with Gasteiger partial charge in [-0.2, -0.15) is 5.10 Å². The van der Waals surface area contributed by atoms with Crippen LogP contribution in [0, 0.1) is 0 Å². The van der Waals surface area contributed by atoms with Crippen molar-refractivity contribution in [3.05, 3.63) is 66.1 Å². The van der Waals surface area contributed by atoms with Gasteiger partial charge in [0.15, 0.2) is 5.78 Å². The lowest BCUT2D eigenvalue weighted by Crippen LogP contribution is -2.38. The van der Waals surface area contributed by atoms with Crippen molar-refractivity contribution in [1.82, 2.24) is 25.0 Å². The largest absolute Gasteiger partial charge is 0.383 e. The molecule has 1 aromatic carbocycles. The molecule has 1 atom stereocenters. The van der Waals surface area contributed by atoms with Crippen LogP contribution in [0.5, 0.6) is 0 Å². The van der Waals surface area contributed by atoms with E-state index in [1.807, 2.05) is 43.6 Å². The van der Waals surface area contributed by atoms with Gasteiger partial charge in [0.25, 0.3) is 5.91 Å². The number of ketones is 1. The van der Waals surface area contributed by atoms with Crippen molar-refractivity contribution >= 4 is 17.5 Å². The second-order valence-electron chi connectivity index (χ2n) is 7.54. The lowest BCUT2D eigenvalue weighted by molar-refractivity contribution is 0.0934. The molecule has 0 radical (unpaired) electrons. The molecule has 1 aliphatic rings. The van der Waals surface area contributed by atoms with Crippen molar-refractivity contribution in [3.63, 3.8) is 0 Å². The highest BCUT2D eigenvalue weighted by Gasteiger charge is 2.26. The van der Waals surface area contributed by atoms with Crippen LogP contribution in [0.15, 0.2) is 55.0 Å². The van der Waals surface area contributed by atoms with Crippen molar-refractivity contribution in [2.24, 2.45) is 7.05 Å². The molecule has 1 saturated heterocycles. The van der Waals surface area contributed by atoms with Gasteiger partial charge in [-0.1, -0.05) is 30.3 Å². The van der Waals surface area contributed by atoms with Crippen LogP contribution in [-0.2, 0) is 7.05 Å². The second-order valence-corrected chi connectivity index (χ2v) is 7.54. The standard InChI is InChI=1S/C22H24N6O2/c1-27-12-17(11-25-27)16-9-19(21(23)24-10-16)22(30)26-18-7-8-28(13-18)14-20(29)15-5-3-2-4-6-15/h2-6,9-12,18H,7-8,13-14H2,1H3,(H2,23,24)(H,26,30)/t18-/m1/s1. The molecular formula is C22H24N6O2. The molecule has 8 heteroatoms. The highest BCUT2D eigenvalue weighted by atomic mass is 16.2. The fourth-order valence-corrected chi connectivity index (χ4v) is 3.66. The summed E-state index contributed by atoms with van der Waals surface area (Å²) in [6.07, 6.45) is 5.99. The van der Waals surface area contributed by atoms with Crippen molar-refractivity contribution in [2.45, 2.75) is 12.5 Å². The monoisotopic (exact) mass is 404 g/mol.